The van der Waals surface area contributed by atoms with Crippen molar-refractivity contribution in [1.82, 2.24) is 5.32 Å². The Balaban J connectivity index is 2.69. The molecular weight excluding hydrogens is 257 g/mol. The molecule has 0 spiro atoms. The summed E-state index contributed by atoms with van der Waals surface area (Å²) in [5.41, 5.74) is 2.52. The zero-order valence-electron chi connectivity index (χ0n) is 11.9. The van der Waals surface area contributed by atoms with E-state index in [0.717, 1.165) is 16.7 Å². The second kappa shape index (κ2) is 6.39. The number of nitrogens with one attached hydrogen (secondary N) is 1. The maximum atomic E-state index is 13.6. The Morgan fingerprint density at radius 2 is 1.70 bits per heavy atom. The topological polar surface area (TPSA) is 30.5 Å². The van der Waals surface area contributed by atoms with Crippen molar-refractivity contribution in [2.75, 3.05) is 21.3 Å². The zero-order valence-corrected chi connectivity index (χ0v) is 11.9. The number of rotatable bonds is 5. The van der Waals surface area contributed by atoms with Crippen molar-refractivity contribution >= 4 is 0 Å². The fourth-order valence-electron chi connectivity index (χ4n) is 2.24. The van der Waals surface area contributed by atoms with Crippen LogP contribution in [-0.4, -0.2) is 21.3 Å². The Morgan fingerprint density at radius 1 is 1.05 bits per heavy atom. The highest BCUT2D eigenvalue weighted by molar-refractivity contribution is 5.79. The fraction of sp³-hybridized carbons (Fsp3) is 0.250. The summed E-state index contributed by atoms with van der Waals surface area (Å²) in [6.07, 6.45) is 0. The van der Waals surface area contributed by atoms with E-state index >= 15 is 0 Å². The van der Waals surface area contributed by atoms with Crippen molar-refractivity contribution in [3.8, 4) is 22.6 Å². The summed E-state index contributed by atoms with van der Waals surface area (Å²) in [5.74, 6) is 1.03. The Bertz CT molecular complexity index is 577. The molecule has 0 aliphatic heterocycles. The molecule has 2 aromatic rings. The lowest BCUT2D eigenvalue weighted by Crippen LogP contribution is -2.07. The molecule has 20 heavy (non-hydrogen) atoms. The average Bonchev–Trinajstić information content (AvgIpc) is 2.48. The number of ether oxygens (including phenoxy) is 2. The van der Waals surface area contributed by atoms with Gasteiger partial charge in [0, 0.05) is 6.54 Å². The van der Waals surface area contributed by atoms with E-state index in [9.17, 15) is 4.39 Å². The van der Waals surface area contributed by atoms with E-state index in [-0.39, 0.29) is 5.82 Å². The van der Waals surface area contributed by atoms with Crippen LogP contribution in [0.2, 0.25) is 0 Å². The first kappa shape index (κ1) is 14.3. The van der Waals surface area contributed by atoms with E-state index < -0.39 is 0 Å². The third-order valence-electron chi connectivity index (χ3n) is 3.14. The molecule has 0 radical (unpaired) electrons. The van der Waals surface area contributed by atoms with Gasteiger partial charge in [0.2, 0.25) is 0 Å². The third kappa shape index (κ3) is 2.75. The predicted octanol–water partition coefficient (Wildman–Crippen LogP) is 3.23. The van der Waals surface area contributed by atoms with E-state index in [1.807, 2.05) is 25.2 Å². The van der Waals surface area contributed by atoms with E-state index in [2.05, 4.69) is 5.32 Å². The average molecular weight is 275 g/mol. The Kier molecular flexibility index (Phi) is 4.58. The number of hydrogen-bond acceptors (Lipinski definition) is 3. The van der Waals surface area contributed by atoms with Gasteiger partial charge in [0.25, 0.3) is 0 Å². The highest BCUT2D eigenvalue weighted by Crippen LogP contribution is 2.40. The fourth-order valence-corrected chi connectivity index (χ4v) is 2.24. The lowest BCUT2D eigenvalue weighted by molar-refractivity contribution is 0.397. The molecule has 4 heteroatoms. The van der Waals surface area contributed by atoms with Crippen LogP contribution >= 0.6 is 0 Å². The molecule has 0 saturated carbocycles. The monoisotopic (exact) mass is 275 g/mol. The molecule has 3 nitrogen and oxygen atoms in total. The molecule has 0 aliphatic rings. The molecule has 0 heterocycles. The van der Waals surface area contributed by atoms with Gasteiger partial charge >= 0.3 is 0 Å². The van der Waals surface area contributed by atoms with Crippen LogP contribution in [0.3, 0.4) is 0 Å². The van der Waals surface area contributed by atoms with Gasteiger partial charge in [-0.2, -0.15) is 0 Å². The number of halogens is 1. The minimum absolute atomic E-state index is 0.284. The smallest absolute Gasteiger partial charge is 0.130 e. The molecule has 0 amide bonds. The molecule has 0 fully saturated rings. The van der Waals surface area contributed by atoms with Crippen LogP contribution in [0.15, 0.2) is 36.4 Å². The molecule has 0 saturated heterocycles. The van der Waals surface area contributed by atoms with Crippen molar-refractivity contribution in [3.05, 3.63) is 47.8 Å². The van der Waals surface area contributed by atoms with Crippen LogP contribution in [0.1, 0.15) is 5.56 Å². The quantitative estimate of drug-likeness (QED) is 0.908. The standard InChI is InChI=1S/C16H18FNO2/c1-18-10-11-7-8-12(17)9-13(11)16-14(19-2)5-4-6-15(16)20-3/h4-9,18H,10H2,1-3H3. The lowest BCUT2D eigenvalue weighted by atomic mass is 9.97. The van der Waals surface area contributed by atoms with Gasteiger partial charge < -0.3 is 14.8 Å². The first-order valence-corrected chi connectivity index (χ1v) is 6.35. The molecule has 1 N–H and O–H groups in total. The largest absolute Gasteiger partial charge is 0.496 e. The first-order chi connectivity index (χ1) is 9.71. The van der Waals surface area contributed by atoms with Gasteiger partial charge in [-0.15, -0.1) is 0 Å². The zero-order chi connectivity index (χ0) is 14.5. The molecule has 0 unspecified atom stereocenters. The van der Waals surface area contributed by atoms with Gasteiger partial charge in [-0.1, -0.05) is 12.1 Å². The van der Waals surface area contributed by atoms with Gasteiger partial charge in [0.1, 0.15) is 17.3 Å². The summed E-state index contributed by atoms with van der Waals surface area (Å²) in [7, 11) is 5.04. The van der Waals surface area contributed by atoms with Crippen molar-refractivity contribution in [2.24, 2.45) is 0 Å². The highest BCUT2D eigenvalue weighted by atomic mass is 19.1. The van der Waals surface area contributed by atoms with Crippen molar-refractivity contribution in [1.29, 1.82) is 0 Å². The molecule has 0 atom stereocenters. The SMILES string of the molecule is CNCc1ccc(F)cc1-c1c(OC)cccc1OC. The lowest BCUT2D eigenvalue weighted by Gasteiger charge is -2.16. The highest BCUT2D eigenvalue weighted by Gasteiger charge is 2.16. The molecular formula is C16H18FNO2. The predicted molar refractivity (Wildman–Crippen MR) is 77.7 cm³/mol. The van der Waals surface area contributed by atoms with Crippen molar-refractivity contribution in [3.63, 3.8) is 0 Å². The van der Waals surface area contributed by atoms with Gasteiger partial charge in [0.05, 0.1) is 19.8 Å². The normalized spacial score (nSPS) is 10.4. The summed E-state index contributed by atoms with van der Waals surface area (Å²) >= 11 is 0. The number of benzene rings is 2. The maximum absolute atomic E-state index is 13.6. The van der Waals surface area contributed by atoms with Crippen molar-refractivity contribution in [2.45, 2.75) is 6.54 Å². The van der Waals surface area contributed by atoms with Gasteiger partial charge in [-0.25, -0.2) is 4.39 Å². The summed E-state index contributed by atoms with van der Waals surface area (Å²) in [6.45, 7) is 0.636. The molecule has 0 aromatic heterocycles. The summed E-state index contributed by atoms with van der Waals surface area (Å²) in [4.78, 5) is 0. The summed E-state index contributed by atoms with van der Waals surface area (Å²) < 4.78 is 24.4. The summed E-state index contributed by atoms with van der Waals surface area (Å²) in [6, 6.07) is 10.3. The Morgan fingerprint density at radius 3 is 2.25 bits per heavy atom. The second-order valence-electron chi connectivity index (χ2n) is 4.37. The second-order valence-corrected chi connectivity index (χ2v) is 4.37. The van der Waals surface area contributed by atoms with Gasteiger partial charge in [-0.3, -0.25) is 0 Å². The van der Waals surface area contributed by atoms with E-state index in [4.69, 9.17) is 9.47 Å². The minimum Gasteiger partial charge on any atom is -0.496 e. The van der Waals surface area contributed by atoms with Gasteiger partial charge in [-0.05, 0) is 42.4 Å². The minimum atomic E-state index is -0.284. The molecule has 0 aliphatic carbocycles. The maximum Gasteiger partial charge on any atom is 0.130 e. The van der Waals surface area contributed by atoms with Crippen LogP contribution in [0, 0.1) is 5.82 Å². The molecule has 106 valence electrons. The van der Waals surface area contributed by atoms with Crippen molar-refractivity contribution < 1.29 is 13.9 Å². The van der Waals surface area contributed by atoms with E-state index in [1.165, 1.54) is 12.1 Å². The van der Waals surface area contributed by atoms with E-state index in [0.29, 0.717) is 18.0 Å². The first-order valence-electron chi connectivity index (χ1n) is 6.35. The van der Waals surface area contributed by atoms with Crippen LogP contribution in [0.5, 0.6) is 11.5 Å². The molecule has 2 aromatic carbocycles. The molecule has 0 bridgehead atoms. The van der Waals surface area contributed by atoms with Gasteiger partial charge in [0.15, 0.2) is 0 Å². The van der Waals surface area contributed by atoms with Crippen LogP contribution < -0.4 is 14.8 Å². The van der Waals surface area contributed by atoms with Crippen LogP contribution in [0.4, 0.5) is 4.39 Å². The van der Waals surface area contributed by atoms with Crippen LogP contribution in [-0.2, 0) is 6.54 Å². The van der Waals surface area contributed by atoms with E-state index in [1.54, 1.807) is 20.3 Å². The number of methoxy groups -OCH3 is 2. The summed E-state index contributed by atoms with van der Waals surface area (Å²) in [5, 5.41) is 3.08. The molecule has 2 rings (SSSR count). The Hall–Kier alpha value is -2.07. The Labute approximate surface area is 118 Å². The van der Waals surface area contributed by atoms with Crippen LogP contribution in [0.25, 0.3) is 11.1 Å². The number of hydrogen-bond donors (Lipinski definition) is 1. The third-order valence-corrected chi connectivity index (χ3v) is 3.14.